The predicted octanol–water partition coefficient (Wildman–Crippen LogP) is 2.13. The Morgan fingerprint density at radius 3 is 2.44 bits per heavy atom. The molecule has 192 valence electrons. The van der Waals surface area contributed by atoms with Crippen LogP contribution in [0.15, 0.2) is 48.5 Å². The van der Waals surface area contributed by atoms with Crippen molar-refractivity contribution in [2.45, 2.75) is 24.5 Å². The van der Waals surface area contributed by atoms with Gasteiger partial charge in [0.15, 0.2) is 0 Å². The predicted molar refractivity (Wildman–Crippen MR) is 135 cm³/mol. The van der Waals surface area contributed by atoms with Gasteiger partial charge in [0.05, 0.1) is 13.7 Å². The van der Waals surface area contributed by atoms with Crippen molar-refractivity contribution < 1.29 is 23.9 Å². The maximum atomic E-state index is 13.2. The summed E-state index contributed by atoms with van der Waals surface area (Å²) in [6.07, 6.45) is 1.22. The van der Waals surface area contributed by atoms with E-state index in [4.69, 9.17) is 26.8 Å². The largest absolute Gasteiger partial charge is 0.496 e. The number of benzene rings is 2. The number of piperidine rings is 1. The van der Waals surface area contributed by atoms with E-state index < -0.39 is 17.6 Å². The molecule has 2 aromatic rings. The first-order valence-electron chi connectivity index (χ1n) is 11.8. The standard InChI is InChI=1S/C25H30ClN5O5/c1-35-21-5-3-2-4-20(21)25(23(27)33,29-24(34)28-18-8-6-17(26)7-9-18)30-12-10-19(11-13-30)31-14-15-36-16-22(31)32/h2-9,19H,10-16H2,1H3,(H2,27,33)(H2,28,29,34). The number of primary amides is 1. The molecule has 2 aromatic carbocycles. The molecule has 10 nitrogen and oxygen atoms in total. The summed E-state index contributed by atoms with van der Waals surface area (Å²) in [7, 11) is 1.49. The summed E-state index contributed by atoms with van der Waals surface area (Å²) < 4.78 is 10.8. The van der Waals surface area contributed by atoms with E-state index in [9.17, 15) is 14.4 Å². The van der Waals surface area contributed by atoms with Crippen LogP contribution in [0.5, 0.6) is 5.75 Å². The maximum absolute atomic E-state index is 13.2. The van der Waals surface area contributed by atoms with E-state index in [0.29, 0.717) is 61.1 Å². The number of carbonyl (C=O) groups excluding carboxylic acids is 3. The average molecular weight is 516 g/mol. The van der Waals surface area contributed by atoms with Crippen LogP contribution in [-0.4, -0.2) is 73.6 Å². The van der Waals surface area contributed by atoms with Gasteiger partial charge in [0.2, 0.25) is 11.6 Å². The second-order valence-corrected chi connectivity index (χ2v) is 9.16. The van der Waals surface area contributed by atoms with E-state index >= 15 is 0 Å². The van der Waals surface area contributed by atoms with Crippen molar-refractivity contribution in [1.82, 2.24) is 15.1 Å². The molecule has 1 unspecified atom stereocenters. The number of urea groups is 1. The summed E-state index contributed by atoms with van der Waals surface area (Å²) in [4.78, 5) is 42.5. The Morgan fingerprint density at radius 2 is 1.81 bits per heavy atom. The van der Waals surface area contributed by atoms with Crippen molar-refractivity contribution >= 4 is 35.1 Å². The van der Waals surface area contributed by atoms with Gasteiger partial charge >= 0.3 is 6.03 Å². The first kappa shape index (κ1) is 25.7. The summed E-state index contributed by atoms with van der Waals surface area (Å²) in [5.74, 6) is -0.376. The number of anilines is 1. The highest BCUT2D eigenvalue weighted by Gasteiger charge is 2.49. The quantitative estimate of drug-likeness (QED) is 0.518. The molecule has 0 spiro atoms. The van der Waals surface area contributed by atoms with Crippen LogP contribution < -0.4 is 21.1 Å². The van der Waals surface area contributed by atoms with E-state index in [1.807, 2.05) is 9.80 Å². The minimum atomic E-state index is -1.69. The molecule has 4 rings (SSSR count). The highest BCUT2D eigenvalue weighted by atomic mass is 35.5. The van der Waals surface area contributed by atoms with Crippen molar-refractivity contribution in [3.8, 4) is 5.75 Å². The molecule has 2 fully saturated rings. The highest BCUT2D eigenvalue weighted by molar-refractivity contribution is 6.30. The van der Waals surface area contributed by atoms with Gasteiger partial charge in [-0.2, -0.15) is 0 Å². The molecule has 36 heavy (non-hydrogen) atoms. The maximum Gasteiger partial charge on any atom is 0.321 e. The van der Waals surface area contributed by atoms with E-state index in [-0.39, 0.29) is 18.6 Å². The Balaban J connectivity index is 1.63. The van der Waals surface area contributed by atoms with Gasteiger partial charge in [0, 0.05) is 41.9 Å². The SMILES string of the molecule is COc1ccccc1C(NC(=O)Nc1ccc(Cl)cc1)(C(N)=O)N1CCC(N2CCOCC2=O)CC1. The van der Waals surface area contributed by atoms with Crippen LogP contribution in [0.25, 0.3) is 0 Å². The second-order valence-electron chi connectivity index (χ2n) is 8.72. The number of nitrogens with zero attached hydrogens (tertiary/aromatic N) is 2. The molecular formula is C25H30ClN5O5. The number of halogens is 1. The highest BCUT2D eigenvalue weighted by Crippen LogP contribution is 2.36. The Bertz CT molecular complexity index is 1110. The molecule has 1 atom stereocenters. The number of likely N-dealkylation sites (tertiary alicyclic amines) is 1. The Hall–Kier alpha value is -3.34. The fraction of sp³-hybridized carbons (Fsp3) is 0.400. The minimum absolute atomic E-state index is 0.0174. The summed E-state index contributed by atoms with van der Waals surface area (Å²) in [5.41, 5.74) is 5.27. The van der Waals surface area contributed by atoms with Gasteiger partial charge in [0.25, 0.3) is 5.91 Å². The van der Waals surface area contributed by atoms with Gasteiger partial charge in [0.1, 0.15) is 12.4 Å². The number of carbonyl (C=O) groups is 3. The van der Waals surface area contributed by atoms with Gasteiger partial charge < -0.3 is 30.7 Å². The van der Waals surface area contributed by atoms with Crippen molar-refractivity contribution in [1.29, 1.82) is 0 Å². The molecule has 11 heteroatoms. The zero-order chi connectivity index (χ0) is 25.7. The molecule has 0 radical (unpaired) electrons. The van der Waals surface area contributed by atoms with Crippen LogP contribution in [-0.2, 0) is 20.0 Å². The fourth-order valence-corrected chi connectivity index (χ4v) is 5.03. The molecule has 4 amide bonds. The van der Waals surface area contributed by atoms with Crippen molar-refractivity contribution in [3.05, 3.63) is 59.1 Å². The average Bonchev–Trinajstić information content (AvgIpc) is 2.89. The summed E-state index contributed by atoms with van der Waals surface area (Å²) in [6, 6.07) is 13.0. The first-order chi connectivity index (χ1) is 17.3. The molecule has 0 bridgehead atoms. The Morgan fingerprint density at radius 1 is 1.11 bits per heavy atom. The number of methoxy groups -OCH3 is 1. The second kappa shape index (κ2) is 11.2. The number of hydrogen-bond acceptors (Lipinski definition) is 6. The molecule has 2 aliphatic rings. The van der Waals surface area contributed by atoms with E-state index in [1.165, 1.54) is 7.11 Å². The molecule has 4 N–H and O–H groups in total. The molecule has 2 aliphatic heterocycles. The Kier molecular flexibility index (Phi) is 7.97. The molecule has 2 saturated heterocycles. The lowest BCUT2D eigenvalue weighted by atomic mass is 9.91. The molecular weight excluding hydrogens is 486 g/mol. The summed E-state index contributed by atoms with van der Waals surface area (Å²) >= 11 is 5.95. The first-order valence-corrected chi connectivity index (χ1v) is 12.1. The van der Waals surface area contributed by atoms with Gasteiger partial charge in [-0.25, -0.2) is 4.79 Å². The number of rotatable bonds is 7. The zero-order valence-corrected chi connectivity index (χ0v) is 20.8. The van der Waals surface area contributed by atoms with E-state index in [0.717, 1.165) is 0 Å². The zero-order valence-electron chi connectivity index (χ0n) is 20.0. The topological polar surface area (TPSA) is 126 Å². The van der Waals surface area contributed by atoms with Gasteiger partial charge in [-0.3, -0.25) is 14.5 Å². The number of nitrogens with two attached hydrogens (primary N) is 1. The van der Waals surface area contributed by atoms with Crippen molar-refractivity contribution in [2.75, 3.05) is 45.3 Å². The van der Waals surface area contributed by atoms with Gasteiger partial charge in [-0.05, 0) is 43.2 Å². The lowest BCUT2D eigenvalue weighted by Crippen LogP contribution is -2.67. The molecule has 0 aromatic heterocycles. The lowest BCUT2D eigenvalue weighted by Gasteiger charge is -2.47. The normalized spacial score (nSPS) is 18.8. The minimum Gasteiger partial charge on any atom is -0.496 e. The molecule has 2 heterocycles. The lowest BCUT2D eigenvalue weighted by molar-refractivity contribution is -0.148. The van der Waals surface area contributed by atoms with E-state index in [2.05, 4.69) is 10.6 Å². The number of hydrogen-bond donors (Lipinski definition) is 3. The smallest absolute Gasteiger partial charge is 0.321 e. The number of nitrogens with one attached hydrogen (secondary N) is 2. The Labute approximate surface area is 214 Å². The monoisotopic (exact) mass is 515 g/mol. The molecule has 0 saturated carbocycles. The van der Waals surface area contributed by atoms with E-state index in [1.54, 1.807) is 48.5 Å². The fourth-order valence-electron chi connectivity index (χ4n) is 4.90. The number of para-hydroxylation sites is 1. The van der Waals surface area contributed by atoms with Crippen molar-refractivity contribution in [3.63, 3.8) is 0 Å². The van der Waals surface area contributed by atoms with Gasteiger partial charge in [-0.1, -0.05) is 29.8 Å². The van der Waals surface area contributed by atoms with Crippen molar-refractivity contribution in [2.24, 2.45) is 5.73 Å². The number of morpholine rings is 1. The third-order valence-electron chi connectivity index (χ3n) is 6.65. The van der Waals surface area contributed by atoms with Crippen LogP contribution in [0.1, 0.15) is 18.4 Å². The summed E-state index contributed by atoms with van der Waals surface area (Å²) in [5, 5.41) is 6.12. The number of amides is 4. The van der Waals surface area contributed by atoms with Crippen LogP contribution in [0.4, 0.5) is 10.5 Å². The van der Waals surface area contributed by atoms with Crippen LogP contribution in [0.3, 0.4) is 0 Å². The third-order valence-corrected chi connectivity index (χ3v) is 6.90. The van der Waals surface area contributed by atoms with Gasteiger partial charge in [-0.15, -0.1) is 0 Å². The van der Waals surface area contributed by atoms with Crippen LogP contribution in [0.2, 0.25) is 5.02 Å². The summed E-state index contributed by atoms with van der Waals surface area (Å²) in [6.45, 7) is 1.96. The van der Waals surface area contributed by atoms with Crippen LogP contribution >= 0.6 is 11.6 Å². The molecule has 0 aliphatic carbocycles. The van der Waals surface area contributed by atoms with Crippen LogP contribution in [0, 0.1) is 0 Å². The third kappa shape index (κ3) is 5.25. The number of ether oxygens (including phenoxy) is 2.